The van der Waals surface area contributed by atoms with E-state index in [2.05, 4.69) is 24.1 Å². The molecule has 0 saturated carbocycles. The zero-order valence-electron chi connectivity index (χ0n) is 13.0. The molecule has 0 radical (unpaired) electrons. The van der Waals surface area contributed by atoms with E-state index >= 15 is 0 Å². The minimum absolute atomic E-state index is 0.0816. The van der Waals surface area contributed by atoms with Crippen molar-refractivity contribution in [3.05, 3.63) is 33.9 Å². The predicted molar refractivity (Wildman–Crippen MR) is 83.2 cm³/mol. The topological polar surface area (TPSA) is 82.2 Å². The van der Waals surface area contributed by atoms with E-state index in [1.807, 2.05) is 20.2 Å². The van der Waals surface area contributed by atoms with Gasteiger partial charge in [-0.25, -0.2) is 0 Å². The summed E-state index contributed by atoms with van der Waals surface area (Å²) >= 11 is 0. The van der Waals surface area contributed by atoms with Gasteiger partial charge < -0.3 is 10.2 Å². The molecule has 6 nitrogen and oxygen atoms in total. The molecule has 1 atom stereocenters. The lowest BCUT2D eigenvalue weighted by molar-refractivity contribution is -0.385. The highest BCUT2D eigenvalue weighted by Gasteiger charge is 2.16. The van der Waals surface area contributed by atoms with Crippen LogP contribution in [0.4, 0.5) is 11.4 Å². The van der Waals surface area contributed by atoms with Gasteiger partial charge in [-0.2, -0.15) is 5.26 Å². The second-order valence-corrected chi connectivity index (χ2v) is 5.83. The van der Waals surface area contributed by atoms with E-state index in [0.29, 0.717) is 5.92 Å². The Balaban J connectivity index is 2.93. The van der Waals surface area contributed by atoms with Crippen molar-refractivity contribution < 1.29 is 4.92 Å². The van der Waals surface area contributed by atoms with E-state index in [-0.39, 0.29) is 17.3 Å². The van der Waals surface area contributed by atoms with E-state index in [4.69, 9.17) is 5.26 Å². The zero-order valence-corrected chi connectivity index (χ0v) is 13.0. The molecule has 0 aliphatic carbocycles. The van der Waals surface area contributed by atoms with Gasteiger partial charge in [0, 0.05) is 24.3 Å². The third kappa shape index (κ3) is 5.40. The van der Waals surface area contributed by atoms with E-state index in [0.717, 1.165) is 18.7 Å². The lowest BCUT2D eigenvalue weighted by Gasteiger charge is -2.25. The molecular weight excluding hydrogens is 268 g/mol. The number of nitro benzene ring substituents is 1. The lowest BCUT2D eigenvalue weighted by atomic mass is 10.0. The molecule has 0 heterocycles. The number of nitrogens with zero attached hydrogens (tertiary/aromatic N) is 3. The number of nitro groups is 1. The molecule has 0 spiro atoms. The first-order valence-electron chi connectivity index (χ1n) is 6.93. The smallest absolute Gasteiger partial charge is 0.287 e. The van der Waals surface area contributed by atoms with Crippen LogP contribution >= 0.6 is 0 Å². The number of hydrogen-bond donors (Lipinski definition) is 1. The molecule has 0 bridgehead atoms. The summed E-state index contributed by atoms with van der Waals surface area (Å²) in [6, 6.07) is 6.69. The first-order chi connectivity index (χ1) is 9.83. The number of likely N-dealkylation sites (N-methyl/N-ethyl adjacent to an activating group) is 1. The second kappa shape index (κ2) is 7.60. The SMILES string of the molecule is CC(C)CC(CN(C)C)Nc1ccc([N+](=O)[O-])c(C#N)c1. The van der Waals surface area contributed by atoms with E-state index in [1.165, 1.54) is 6.07 Å². The number of anilines is 1. The van der Waals surface area contributed by atoms with Gasteiger partial charge >= 0.3 is 0 Å². The molecule has 0 aliphatic heterocycles. The normalized spacial score (nSPS) is 12.2. The van der Waals surface area contributed by atoms with Gasteiger partial charge in [-0.05, 0) is 38.6 Å². The molecule has 0 aromatic heterocycles. The van der Waals surface area contributed by atoms with Crippen LogP contribution in [0.3, 0.4) is 0 Å². The molecule has 21 heavy (non-hydrogen) atoms. The minimum Gasteiger partial charge on any atom is -0.381 e. The maximum Gasteiger partial charge on any atom is 0.287 e. The molecule has 0 aliphatic rings. The monoisotopic (exact) mass is 290 g/mol. The Labute approximate surface area is 125 Å². The van der Waals surface area contributed by atoms with Gasteiger partial charge in [0.25, 0.3) is 5.69 Å². The molecule has 0 amide bonds. The average Bonchev–Trinajstić information content (AvgIpc) is 2.36. The predicted octanol–water partition coefficient (Wildman–Crippen LogP) is 2.85. The van der Waals surface area contributed by atoms with Crippen molar-refractivity contribution >= 4 is 11.4 Å². The fourth-order valence-corrected chi connectivity index (χ4v) is 2.30. The zero-order chi connectivity index (χ0) is 16.0. The van der Waals surface area contributed by atoms with Gasteiger partial charge in [0.05, 0.1) is 4.92 Å². The molecule has 1 N–H and O–H groups in total. The van der Waals surface area contributed by atoms with Crippen molar-refractivity contribution in [3.63, 3.8) is 0 Å². The molecule has 1 unspecified atom stereocenters. The Bertz CT molecular complexity index is 525. The van der Waals surface area contributed by atoms with Crippen molar-refractivity contribution in [1.82, 2.24) is 4.90 Å². The fourth-order valence-electron chi connectivity index (χ4n) is 2.30. The highest BCUT2D eigenvalue weighted by Crippen LogP contribution is 2.23. The maximum atomic E-state index is 10.8. The van der Waals surface area contributed by atoms with Gasteiger partial charge in [-0.1, -0.05) is 13.8 Å². The van der Waals surface area contributed by atoms with Crippen molar-refractivity contribution in [3.8, 4) is 6.07 Å². The molecule has 1 aromatic rings. The van der Waals surface area contributed by atoms with Gasteiger partial charge in [0.2, 0.25) is 0 Å². The van der Waals surface area contributed by atoms with Gasteiger partial charge in [-0.3, -0.25) is 10.1 Å². The Hall–Kier alpha value is -2.13. The number of benzene rings is 1. The third-order valence-electron chi connectivity index (χ3n) is 3.03. The quantitative estimate of drug-likeness (QED) is 0.616. The Morgan fingerprint density at radius 1 is 1.43 bits per heavy atom. The van der Waals surface area contributed by atoms with Gasteiger partial charge in [0.1, 0.15) is 11.6 Å². The summed E-state index contributed by atoms with van der Waals surface area (Å²) in [6.45, 7) is 5.17. The summed E-state index contributed by atoms with van der Waals surface area (Å²) in [5, 5.41) is 23.2. The summed E-state index contributed by atoms with van der Waals surface area (Å²) in [6.07, 6.45) is 0.983. The fraction of sp³-hybridized carbons (Fsp3) is 0.533. The van der Waals surface area contributed by atoms with Crippen LogP contribution in [0.25, 0.3) is 0 Å². The standard InChI is InChI=1S/C15H22N4O2/c1-11(2)7-14(10-18(3)4)17-13-5-6-15(19(20)21)12(8-13)9-16/h5-6,8,11,14,17H,7,10H2,1-4H3. The first-order valence-corrected chi connectivity index (χ1v) is 6.93. The summed E-state index contributed by atoms with van der Waals surface area (Å²) in [4.78, 5) is 12.4. The summed E-state index contributed by atoms with van der Waals surface area (Å²) in [5.41, 5.74) is 0.666. The van der Waals surface area contributed by atoms with Crippen LogP contribution in [0.5, 0.6) is 0 Å². The number of nitriles is 1. The highest BCUT2D eigenvalue weighted by atomic mass is 16.6. The lowest BCUT2D eigenvalue weighted by Crippen LogP contribution is -2.33. The van der Waals surface area contributed by atoms with Crippen LogP contribution < -0.4 is 5.32 Å². The molecule has 0 fully saturated rings. The average molecular weight is 290 g/mol. The number of nitrogens with one attached hydrogen (secondary N) is 1. The van der Waals surface area contributed by atoms with Crippen molar-refractivity contribution in [2.45, 2.75) is 26.3 Å². The summed E-state index contributed by atoms with van der Waals surface area (Å²) < 4.78 is 0. The molecule has 6 heteroatoms. The van der Waals surface area contributed by atoms with Crippen molar-refractivity contribution in [1.29, 1.82) is 5.26 Å². The first kappa shape index (κ1) is 16.9. The van der Waals surface area contributed by atoms with Crippen LogP contribution in [0, 0.1) is 27.4 Å². The molecule has 1 rings (SSSR count). The molecular formula is C15H22N4O2. The number of rotatable bonds is 7. The summed E-state index contributed by atoms with van der Waals surface area (Å²) in [5.74, 6) is 0.538. The van der Waals surface area contributed by atoms with Crippen molar-refractivity contribution in [2.24, 2.45) is 5.92 Å². The number of hydrogen-bond acceptors (Lipinski definition) is 5. The molecule has 0 saturated heterocycles. The van der Waals surface area contributed by atoms with Crippen LogP contribution in [-0.4, -0.2) is 36.5 Å². The Morgan fingerprint density at radius 2 is 2.10 bits per heavy atom. The third-order valence-corrected chi connectivity index (χ3v) is 3.03. The van der Waals surface area contributed by atoms with Crippen LogP contribution in [0.1, 0.15) is 25.8 Å². The van der Waals surface area contributed by atoms with E-state index in [1.54, 1.807) is 12.1 Å². The maximum absolute atomic E-state index is 10.8. The van der Waals surface area contributed by atoms with Crippen molar-refractivity contribution in [2.75, 3.05) is 26.0 Å². The molecule has 1 aromatic carbocycles. The minimum atomic E-state index is -0.534. The second-order valence-electron chi connectivity index (χ2n) is 5.83. The van der Waals surface area contributed by atoms with Gasteiger partial charge in [0.15, 0.2) is 0 Å². The Kier molecular flexibility index (Phi) is 6.12. The van der Waals surface area contributed by atoms with E-state index < -0.39 is 4.92 Å². The summed E-state index contributed by atoms with van der Waals surface area (Å²) in [7, 11) is 4.01. The van der Waals surface area contributed by atoms with Gasteiger partial charge in [-0.15, -0.1) is 0 Å². The highest BCUT2D eigenvalue weighted by molar-refractivity contribution is 5.59. The van der Waals surface area contributed by atoms with Crippen LogP contribution in [0.15, 0.2) is 18.2 Å². The largest absolute Gasteiger partial charge is 0.381 e. The van der Waals surface area contributed by atoms with E-state index in [9.17, 15) is 10.1 Å². The van der Waals surface area contributed by atoms with Crippen LogP contribution in [-0.2, 0) is 0 Å². The molecule has 114 valence electrons. The Morgan fingerprint density at radius 3 is 2.57 bits per heavy atom. The van der Waals surface area contributed by atoms with Crippen LogP contribution in [0.2, 0.25) is 0 Å².